The van der Waals surface area contributed by atoms with Gasteiger partial charge in [-0.1, -0.05) is 0 Å². The molecule has 0 aliphatic rings. The third kappa shape index (κ3) is 1.82. The number of nitrogens with one attached hydrogen (secondary N) is 1. The van der Waals surface area contributed by atoms with Crippen LogP contribution in [-0.2, 0) is 6.42 Å². The van der Waals surface area contributed by atoms with Crippen LogP contribution < -0.4 is 11.5 Å². The summed E-state index contributed by atoms with van der Waals surface area (Å²) in [6.45, 7) is 0.501. The summed E-state index contributed by atoms with van der Waals surface area (Å²) >= 11 is 0. The van der Waals surface area contributed by atoms with Gasteiger partial charge in [-0.15, -0.1) is 0 Å². The van der Waals surface area contributed by atoms with E-state index in [1.807, 2.05) is 0 Å². The fourth-order valence-corrected chi connectivity index (χ4v) is 0.741. The number of nitrogens with zero attached hydrogens (tertiary/aromatic N) is 1. The Morgan fingerprint density at radius 1 is 1.70 bits per heavy atom. The van der Waals surface area contributed by atoms with Crippen LogP contribution in [0.3, 0.4) is 0 Å². The first-order valence-electron chi connectivity index (χ1n) is 3.27. The van der Waals surface area contributed by atoms with Crippen LogP contribution in [0.2, 0.25) is 0 Å². The van der Waals surface area contributed by atoms with Crippen molar-refractivity contribution in [1.29, 1.82) is 0 Å². The number of hydrogen-bond donors (Lipinski definition) is 3. The SMILES string of the molecule is NC[C@@H](N)Cc1ncc[nH]1. The molecule has 56 valence electrons. The number of hydrogen-bond acceptors (Lipinski definition) is 3. The lowest BCUT2D eigenvalue weighted by molar-refractivity contribution is 0.658. The quantitative estimate of drug-likeness (QED) is 0.516. The smallest absolute Gasteiger partial charge is 0.107 e. The van der Waals surface area contributed by atoms with Gasteiger partial charge < -0.3 is 16.5 Å². The Morgan fingerprint density at radius 2 is 2.50 bits per heavy atom. The fourth-order valence-electron chi connectivity index (χ4n) is 0.741. The van der Waals surface area contributed by atoms with E-state index in [1.165, 1.54) is 0 Å². The molecule has 5 N–H and O–H groups in total. The molecule has 0 spiro atoms. The summed E-state index contributed by atoms with van der Waals surface area (Å²) in [4.78, 5) is 6.97. The minimum Gasteiger partial charge on any atom is -0.349 e. The summed E-state index contributed by atoms with van der Waals surface area (Å²) < 4.78 is 0. The van der Waals surface area contributed by atoms with Crippen LogP contribution in [0.1, 0.15) is 5.82 Å². The van der Waals surface area contributed by atoms with Crippen molar-refractivity contribution in [3.8, 4) is 0 Å². The Kier molecular flexibility index (Phi) is 2.42. The Morgan fingerprint density at radius 3 is 3.00 bits per heavy atom. The van der Waals surface area contributed by atoms with Crippen LogP contribution in [0.25, 0.3) is 0 Å². The van der Waals surface area contributed by atoms with Crippen LogP contribution in [-0.4, -0.2) is 22.6 Å². The molecule has 0 aliphatic carbocycles. The Bertz CT molecular complexity index is 170. The average molecular weight is 140 g/mol. The Labute approximate surface area is 59.6 Å². The van der Waals surface area contributed by atoms with Crippen LogP contribution >= 0.6 is 0 Å². The first-order valence-corrected chi connectivity index (χ1v) is 3.27. The average Bonchev–Trinajstić information content (AvgIpc) is 2.40. The van der Waals surface area contributed by atoms with Crippen LogP contribution in [0.15, 0.2) is 12.4 Å². The molecular weight excluding hydrogens is 128 g/mol. The Balaban J connectivity index is 2.40. The number of rotatable bonds is 3. The van der Waals surface area contributed by atoms with Gasteiger partial charge in [0.1, 0.15) is 5.82 Å². The van der Waals surface area contributed by atoms with Gasteiger partial charge in [0.05, 0.1) is 0 Å². The molecule has 0 aromatic carbocycles. The maximum atomic E-state index is 5.58. The number of H-pyrrole nitrogens is 1. The van der Waals surface area contributed by atoms with Crippen molar-refractivity contribution in [2.24, 2.45) is 11.5 Å². The third-order valence-electron chi connectivity index (χ3n) is 1.31. The minimum absolute atomic E-state index is 0.0196. The molecule has 0 saturated carbocycles. The summed E-state index contributed by atoms with van der Waals surface area (Å²) in [6, 6.07) is 0.0196. The van der Waals surface area contributed by atoms with Crippen molar-refractivity contribution in [2.45, 2.75) is 12.5 Å². The second-order valence-corrected chi connectivity index (χ2v) is 2.24. The maximum absolute atomic E-state index is 5.58. The molecule has 1 aromatic rings. The highest BCUT2D eigenvalue weighted by molar-refractivity contribution is 4.90. The van der Waals surface area contributed by atoms with E-state index in [0.717, 1.165) is 12.2 Å². The summed E-state index contributed by atoms with van der Waals surface area (Å²) in [6.07, 6.45) is 4.21. The molecule has 0 fully saturated rings. The lowest BCUT2D eigenvalue weighted by Gasteiger charge is -2.04. The highest BCUT2D eigenvalue weighted by atomic mass is 14.9. The number of aromatic amines is 1. The van der Waals surface area contributed by atoms with Gasteiger partial charge in [0.25, 0.3) is 0 Å². The molecule has 0 saturated heterocycles. The molecule has 4 heteroatoms. The molecule has 1 heterocycles. The largest absolute Gasteiger partial charge is 0.349 e. The van der Waals surface area contributed by atoms with Gasteiger partial charge in [-0.2, -0.15) is 0 Å². The number of imidazole rings is 1. The van der Waals surface area contributed by atoms with E-state index < -0.39 is 0 Å². The van der Waals surface area contributed by atoms with Gasteiger partial charge >= 0.3 is 0 Å². The van der Waals surface area contributed by atoms with E-state index in [1.54, 1.807) is 12.4 Å². The first-order chi connectivity index (χ1) is 4.83. The normalized spacial score (nSPS) is 13.4. The van der Waals surface area contributed by atoms with Gasteiger partial charge in [0.15, 0.2) is 0 Å². The molecule has 0 unspecified atom stereocenters. The first kappa shape index (κ1) is 7.24. The van der Waals surface area contributed by atoms with E-state index in [4.69, 9.17) is 11.5 Å². The Hall–Kier alpha value is -0.870. The van der Waals surface area contributed by atoms with Gasteiger partial charge in [-0.3, -0.25) is 0 Å². The summed E-state index contributed by atoms with van der Waals surface area (Å²) in [5.41, 5.74) is 10.9. The summed E-state index contributed by atoms with van der Waals surface area (Å²) in [7, 11) is 0. The third-order valence-corrected chi connectivity index (χ3v) is 1.31. The van der Waals surface area contributed by atoms with E-state index in [0.29, 0.717) is 6.54 Å². The highest BCUT2D eigenvalue weighted by Crippen LogP contribution is 1.91. The lowest BCUT2D eigenvalue weighted by Crippen LogP contribution is -2.32. The zero-order valence-corrected chi connectivity index (χ0v) is 5.75. The number of aromatic nitrogens is 2. The zero-order valence-electron chi connectivity index (χ0n) is 5.75. The van der Waals surface area contributed by atoms with Crippen molar-refractivity contribution < 1.29 is 0 Å². The topological polar surface area (TPSA) is 80.7 Å². The van der Waals surface area contributed by atoms with Crippen LogP contribution in [0, 0.1) is 0 Å². The van der Waals surface area contributed by atoms with Crippen molar-refractivity contribution in [1.82, 2.24) is 9.97 Å². The molecule has 0 radical (unpaired) electrons. The second-order valence-electron chi connectivity index (χ2n) is 2.24. The fraction of sp³-hybridized carbons (Fsp3) is 0.500. The van der Waals surface area contributed by atoms with Crippen molar-refractivity contribution in [3.63, 3.8) is 0 Å². The summed E-state index contributed by atoms with van der Waals surface area (Å²) in [5, 5.41) is 0. The molecule has 4 nitrogen and oxygen atoms in total. The van der Waals surface area contributed by atoms with E-state index >= 15 is 0 Å². The van der Waals surface area contributed by atoms with Gasteiger partial charge in [-0.25, -0.2) is 4.98 Å². The molecule has 1 rings (SSSR count). The molecule has 1 atom stereocenters. The second kappa shape index (κ2) is 3.34. The highest BCUT2D eigenvalue weighted by Gasteiger charge is 2.01. The van der Waals surface area contributed by atoms with Crippen molar-refractivity contribution in [3.05, 3.63) is 18.2 Å². The van der Waals surface area contributed by atoms with Crippen molar-refractivity contribution >= 4 is 0 Å². The summed E-state index contributed by atoms with van der Waals surface area (Å²) in [5.74, 6) is 0.901. The monoisotopic (exact) mass is 140 g/mol. The predicted octanol–water partition coefficient (Wildman–Crippen LogP) is -0.762. The zero-order chi connectivity index (χ0) is 7.40. The van der Waals surface area contributed by atoms with E-state index in [9.17, 15) is 0 Å². The van der Waals surface area contributed by atoms with Gasteiger partial charge in [0, 0.05) is 31.4 Å². The minimum atomic E-state index is 0.0196. The van der Waals surface area contributed by atoms with Gasteiger partial charge in [-0.05, 0) is 0 Å². The molecule has 0 amide bonds. The number of nitrogens with two attached hydrogens (primary N) is 2. The maximum Gasteiger partial charge on any atom is 0.107 e. The molecular formula is C6H12N4. The molecule has 1 aromatic heterocycles. The van der Waals surface area contributed by atoms with E-state index in [-0.39, 0.29) is 6.04 Å². The molecule has 10 heavy (non-hydrogen) atoms. The van der Waals surface area contributed by atoms with Crippen molar-refractivity contribution in [2.75, 3.05) is 6.54 Å². The van der Waals surface area contributed by atoms with Crippen LogP contribution in [0.5, 0.6) is 0 Å². The lowest BCUT2D eigenvalue weighted by atomic mass is 10.2. The van der Waals surface area contributed by atoms with Gasteiger partial charge in [0.2, 0.25) is 0 Å². The van der Waals surface area contributed by atoms with E-state index in [2.05, 4.69) is 9.97 Å². The molecule has 0 bridgehead atoms. The van der Waals surface area contributed by atoms with Crippen LogP contribution in [0.4, 0.5) is 0 Å². The molecule has 0 aliphatic heterocycles. The standard InChI is InChI=1S/C6H12N4/c7-4-5(8)3-6-9-1-2-10-6/h1-2,5H,3-4,7-8H2,(H,9,10)/t5-/m0/s1. The predicted molar refractivity (Wildman–Crippen MR) is 39.3 cm³/mol.